The number of rotatable bonds is 3. The highest BCUT2D eigenvalue weighted by Crippen LogP contribution is 2.55. The highest BCUT2D eigenvalue weighted by Gasteiger charge is 2.54. The Bertz CT molecular complexity index is 792. The molecule has 0 aromatic heterocycles. The van der Waals surface area contributed by atoms with Gasteiger partial charge in [0.25, 0.3) is 0 Å². The Kier molecular flexibility index (Phi) is 4.15. The first-order valence-electron chi connectivity index (χ1n) is 10.8. The molecular weight excluding hydrogens is 356 g/mol. The molecule has 1 aromatic rings. The molecule has 28 heavy (non-hydrogen) atoms. The third-order valence-electron chi connectivity index (χ3n) is 7.32. The van der Waals surface area contributed by atoms with Crippen molar-refractivity contribution in [1.29, 1.82) is 0 Å². The van der Waals surface area contributed by atoms with Crippen LogP contribution in [0.25, 0.3) is 0 Å². The molecule has 1 aromatic carbocycles. The molecule has 0 aliphatic carbocycles. The van der Waals surface area contributed by atoms with Gasteiger partial charge >= 0.3 is 0 Å². The number of ether oxygens (including phenoxy) is 5. The zero-order valence-corrected chi connectivity index (χ0v) is 17.7. The van der Waals surface area contributed by atoms with Gasteiger partial charge in [0.15, 0.2) is 0 Å². The zero-order valence-electron chi connectivity index (χ0n) is 17.7. The van der Waals surface area contributed by atoms with Crippen molar-refractivity contribution in [3.05, 3.63) is 17.2 Å². The third kappa shape index (κ3) is 2.58. The summed E-state index contributed by atoms with van der Waals surface area (Å²) >= 11 is 0. The first-order valence-corrected chi connectivity index (χ1v) is 10.8. The predicted octanol–water partition coefficient (Wildman–Crippen LogP) is 4.34. The molecule has 0 spiro atoms. The topological polar surface area (TPSA) is 46.2 Å². The lowest BCUT2D eigenvalue weighted by Gasteiger charge is -2.43. The van der Waals surface area contributed by atoms with E-state index in [4.69, 9.17) is 23.7 Å². The molecule has 2 fully saturated rings. The summed E-state index contributed by atoms with van der Waals surface area (Å²) in [6.07, 6.45) is 2.79. The number of fused-ring (bicyclic) bond motifs is 5. The summed E-state index contributed by atoms with van der Waals surface area (Å²) in [5, 5.41) is 0. The Hall–Kier alpha value is -1.46. The van der Waals surface area contributed by atoms with Crippen LogP contribution in [0.15, 0.2) is 6.07 Å². The molecular formula is C23H32O5. The molecule has 0 radical (unpaired) electrons. The van der Waals surface area contributed by atoms with E-state index in [2.05, 4.69) is 40.7 Å². The Morgan fingerprint density at radius 2 is 1.57 bits per heavy atom. The summed E-state index contributed by atoms with van der Waals surface area (Å²) in [4.78, 5) is 0. The second-order valence-corrected chi connectivity index (χ2v) is 9.44. The van der Waals surface area contributed by atoms with Crippen LogP contribution in [0.5, 0.6) is 17.2 Å². The molecule has 0 unspecified atom stereocenters. The summed E-state index contributed by atoms with van der Waals surface area (Å²) < 4.78 is 31.4. The normalized spacial score (nSPS) is 40.6. The van der Waals surface area contributed by atoms with Crippen molar-refractivity contribution in [2.24, 2.45) is 23.7 Å². The maximum absolute atomic E-state index is 6.63. The first-order chi connectivity index (χ1) is 13.3. The van der Waals surface area contributed by atoms with Crippen LogP contribution in [0, 0.1) is 23.7 Å². The number of hydrogen-bond acceptors (Lipinski definition) is 5. The second-order valence-electron chi connectivity index (χ2n) is 9.44. The van der Waals surface area contributed by atoms with E-state index in [1.54, 1.807) is 0 Å². The molecule has 0 bridgehead atoms. The molecule has 5 heteroatoms. The van der Waals surface area contributed by atoms with E-state index in [9.17, 15) is 0 Å². The van der Waals surface area contributed by atoms with Crippen molar-refractivity contribution in [2.75, 3.05) is 19.8 Å². The minimum Gasteiger partial charge on any atom is -0.493 e. The molecule has 6 atom stereocenters. The Labute approximate surface area is 167 Å². The molecule has 2 saturated heterocycles. The van der Waals surface area contributed by atoms with Gasteiger partial charge in [-0.1, -0.05) is 20.8 Å². The fourth-order valence-corrected chi connectivity index (χ4v) is 5.56. The van der Waals surface area contributed by atoms with E-state index in [-0.39, 0.29) is 0 Å². The lowest BCUT2D eigenvalue weighted by atomic mass is 9.78. The van der Waals surface area contributed by atoms with Gasteiger partial charge in [0, 0.05) is 42.9 Å². The Morgan fingerprint density at radius 3 is 2.21 bits per heavy atom. The van der Waals surface area contributed by atoms with Crippen LogP contribution < -0.4 is 14.2 Å². The van der Waals surface area contributed by atoms with E-state index in [1.807, 2.05) is 0 Å². The average molecular weight is 389 g/mol. The molecule has 4 aliphatic heterocycles. The standard InChI is InChI=1S/C23H32O5/c1-6-7-24-19-10-20-16(9-17-13(2)11-25-22(17,4)27-20)21-15(19)8-18-14(3)12-26-23(18,5)28-21/h10,13-14,17-18H,6-9,11-12H2,1-5H3/t13-,14-,17+,18+,22+,23+/m0/s1. The number of benzene rings is 1. The summed E-state index contributed by atoms with van der Waals surface area (Å²) in [6.45, 7) is 12.9. The van der Waals surface area contributed by atoms with Crippen molar-refractivity contribution in [3.63, 3.8) is 0 Å². The molecule has 0 N–H and O–H groups in total. The van der Waals surface area contributed by atoms with Gasteiger partial charge in [-0.2, -0.15) is 0 Å². The molecule has 5 rings (SSSR count). The monoisotopic (exact) mass is 388 g/mol. The van der Waals surface area contributed by atoms with Crippen molar-refractivity contribution >= 4 is 0 Å². The minimum atomic E-state index is -0.567. The van der Waals surface area contributed by atoms with Gasteiger partial charge in [-0.05, 0) is 31.1 Å². The highest BCUT2D eigenvalue weighted by molar-refractivity contribution is 5.60. The summed E-state index contributed by atoms with van der Waals surface area (Å²) in [5.74, 6) is 3.11. The lowest BCUT2D eigenvalue weighted by Crippen LogP contribution is -2.46. The van der Waals surface area contributed by atoms with E-state index in [1.165, 1.54) is 5.56 Å². The summed E-state index contributed by atoms with van der Waals surface area (Å²) in [5.41, 5.74) is 2.34. The fourth-order valence-electron chi connectivity index (χ4n) is 5.56. The van der Waals surface area contributed by atoms with Crippen molar-refractivity contribution in [2.45, 2.75) is 65.5 Å². The largest absolute Gasteiger partial charge is 0.493 e. The second kappa shape index (κ2) is 6.27. The van der Waals surface area contributed by atoms with Crippen LogP contribution in [-0.4, -0.2) is 31.4 Å². The van der Waals surface area contributed by atoms with Crippen LogP contribution in [0.1, 0.15) is 52.2 Å². The summed E-state index contributed by atoms with van der Waals surface area (Å²) in [7, 11) is 0. The van der Waals surface area contributed by atoms with Gasteiger partial charge < -0.3 is 23.7 Å². The quantitative estimate of drug-likeness (QED) is 0.771. The maximum atomic E-state index is 6.63. The van der Waals surface area contributed by atoms with Crippen LogP contribution >= 0.6 is 0 Å². The summed E-state index contributed by atoms with van der Waals surface area (Å²) in [6, 6.07) is 2.07. The third-order valence-corrected chi connectivity index (χ3v) is 7.32. The van der Waals surface area contributed by atoms with Crippen LogP contribution in [0.4, 0.5) is 0 Å². The smallest absolute Gasteiger partial charge is 0.211 e. The van der Waals surface area contributed by atoms with E-state index >= 15 is 0 Å². The maximum Gasteiger partial charge on any atom is 0.211 e. The van der Waals surface area contributed by atoms with Crippen molar-refractivity contribution in [1.82, 2.24) is 0 Å². The van der Waals surface area contributed by atoms with E-state index < -0.39 is 11.6 Å². The fraction of sp³-hybridized carbons (Fsp3) is 0.739. The molecule has 5 nitrogen and oxygen atoms in total. The zero-order chi connectivity index (χ0) is 19.7. The minimum absolute atomic E-state index is 0.323. The van der Waals surface area contributed by atoms with Gasteiger partial charge in [-0.3, -0.25) is 0 Å². The molecule has 0 saturated carbocycles. The van der Waals surface area contributed by atoms with Crippen LogP contribution in [0.2, 0.25) is 0 Å². The van der Waals surface area contributed by atoms with Crippen molar-refractivity contribution < 1.29 is 23.7 Å². The van der Waals surface area contributed by atoms with E-state index in [0.717, 1.165) is 55.3 Å². The van der Waals surface area contributed by atoms with E-state index in [0.29, 0.717) is 30.3 Å². The Morgan fingerprint density at radius 1 is 0.964 bits per heavy atom. The van der Waals surface area contributed by atoms with Gasteiger partial charge in [-0.25, -0.2) is 0 Å². The molecule has 4 aliphatic rings. The molecule has 4 heterocycles. The SMILES string of the molecule is CCCOc1cc2c(c3c1C[C@@H]1[C@@H](C)CO[C@]1(C)O3)C[C@@H]1[C@@H](C)CO[C@]1(C)O2. The van der Waals surface area contributed by atoms with Crippen molar-refractivity contribution in [3.8, 4) is 17.2 Å². The highest BCUT2D eigenvalue weighted by atomic mass is 16.7. The van der Waals surface area contributed by atoms with Gasteiger partial charge in [0.2, 0.25) is 11.6 Å². The first kappa shape index (κ1) is 18.6. The number of hydrogen-bond donors (Lipinski definition) is 0. The van der Waals surface area contributed by atoms with Gasteiger partial charge in [-0.15, -0.1) is 0 Å². The van der Waals surface area contributed by atoms with Gasteiger partial charge in [0.1, 0.15) is 17.2 Å². The van der Waals surface area contributed by atoms with Gasteiger partial charge in [0.05, 0.1) is 19.8 Å². The lowest BCUT2D eigenvalue weighted by molar-refractivity contribution is -0.174. The molecule has 154 valence electrons. The van der Waals surface area contributed by atoms with Crippen LogP contribution in [-0.2, 0) is 22.3 Å². The molecule has 0 amide bonds. The average Bonchev–Trinajstić information content (AvgIpc) is 3.12. The predicted molar refractivity (Wildman–Crippen MR) is 105 cm³/mol. The van der Waals surface area contributed by atoms with Crippen LogP contribution in [0.3, 0.4) is 0 Å². The Balaban J connectivity index is 1.62.